The van der Waals surface area contributed by atoms with Crippen molar-refractivity contribution in [2.24, 2.45) is 0 Å². The molecule has 1 N–H and O–H groups in total. The van der Waals surface area contributed by atoms with Crippen molar-refractivity contribution in [3.63, 3.8) is 0 Å². The number of hydrogen-bond donors (Lipinski definition) is 1. The van der Waals surface area contributed by atoms with Crippen LogP contribution in [0.15, 0.2) is 0 Å². The van der Waals surface area contributed by atoms with E-state index < -0.39 is 0 Å². The molecule has 0 spiro atoms. The average molecular weight is 254 g/mol. The van der Waals surface area contributed by atoms with Gasteiger partial charge in [0.25, 0.3) is 0 Å². The summed E-state index contributed by atoms with van der Waals surface area (Å²) >= 11 is 0. The Bertz CT molecular complexity index is 186. The van der Waals surface area contributed by atoms with Gasteiger partial charge >= 0.3 is 0 Å². The monoisotopic (exact) mass is 254 g/mol. The second-order valence-corrected chi connectivity index (χ2v) is 5.80. The van der Waals surface area contributed by atoms with Crippen molar-refractivity contribution < 1.29 is 0 Å². The fraction of sp³-hybridized carbons (Fsp3) is 1.00. The smallest absolute Gasteiger partial charge is 0.0249 e. The summed E-state index contributed by atoms with van der Waals surface area (Å²) in [5.41, 5.74) is 0. The number of nitrogens with one attached hydrogen (secondary N) is 1. The zero-order valence-corrected chi connectivity index (χ0v) is 12.9. The lowest BCUT2D eigenvalue weighted by atomic mass is 10.1. The van der Waals surface area contributed by atoms with Gasteiger partial charge in [-0.05, 0) is 51.7 Å². The Labute approximate surface area is 115 Å². The molecule has 0 radical (unpaired) electrons. The van der Waals surface area contributed by atoms with Crippen LogP contribution in [-0.2, 0) is 0 Å². The van der Waals surface area contributed by atoms with Crippen LogP contribution in [0.2, 0.25) is 0 Å². The molecule has 0 bridgehead atoms. The molecule has 0 aliphatic heterocycles. The quantitative estimate of drug-likeness (QED) is 0.638. The van der Waals surface area contributed by atoms with Crippen molar-refractivity contribution >= 4 is 0 Å². The van der Waals surface area contributed by atoms with Gasteiger partial charge in [-0.15, -0.1) is 0 Å². The lowest BCUT2D eigenvalue weighted by molar-refractivity contribution is 0.167. The summed E-state index contributed by atoms with van der Waals surface area (Å²) in [6, 6.07) is 1.58. The highest BCUT2D eigenvalue weighted by Gasteiger charge is 2.30. The van der Waals surface area contributed by atoms with Gasteiger partial charge in [-0.2, -0.15) is 0 Å². The molecule has 0 aromatic heterocycles. The van der Waals surface area contributed by atoms with E-state index in [1.807, 2.05) is 0 Å². The molecular formula is C16H34N2. The fourth-order valence-corrected chi connectivity index (χ4v) is 3.11. The number of rotatable bonds is 10. The maximum Gasteiger partial charge on any atom is 0.0249 e. The van der Waals surface area contributed by atoms with Gasteiger partial charge in [-0.1, -0.05) is 40.0 Å². The highest BCUT2D eigenvalue weighted by molar-refractivity contribution is 4.90. The third-order valence-electron chi connectivity index (χ3n) is 4.20. The minimum Gasteiger partial charge on any atom is -0.312 e. The molecule has 0 aromatic rings. The maximum atomic E-state index is 3.77. The second-order valence-electron chi connectivity index (χ2n) is 5.80. The summed E-state index contributed by atoms with van der Waals surface area (Å²) in [5, 5.41) is 3.77. The van der Waals surface area contributed by atoms with Crippen LogP contribution in [0.1, 0.15) is 72.1 Å². The standard InChI is InChI=1S/C16H34N2/c1-4-7-13-18(14-8-5-2)16-11-9-10-15(16)17-12-6-3/h15-17H,4-14H2,1-3H3. The second kappa shape index (κ2) is 9.80. The predicted octanol–water partition coefficient (Wildman–Crippen LogP) is 3.81. The van der Waals surface area contributed by atoms with E-state index in [0.29, 0.717) is 0 Å². The summed E-state index contributed by atoms with van der Waals surface area (Å²) in [6.07, 6.45) is 10.8. The molecule has 1 fully saturated rings. The first-order valence-corrected chi connectivity index (χ1v) is 8.30. The van der Waals surface area contributed by atoms with Gasteiger partial charge in [0.15, 0.2) is 0 Å². The van der Waals surface area contributed by atoms with Crippen molar-refractivity contribution in [2.45, 2.75) is 84.2 Å². The average Bonchev–Trinajstić information content (AvgIpc) is 2.85. The molecule has 0 aromatic carbocycles. The largest absolute Gasteiger partial charge is 0.312 e. The van der Waals surface area contributed by atoms with E-state index in [0.717, 1.165) is 12.1 Å². The molecule has 1 rings (SSSR count). The van der Waals surface area contributed by atoms with Crippen molar-refractivity contribution in [1.29, 1.82) is 0 Å². The van der Waals surface area contributed by atoms with Gasteiger partial charge < -0.3 is 5.32 Å². The summed E-state index contributed by atoms with van der Waals surface area (Å²) in [7, 11) is 0. The minimum absolute atomic E-state index is 0.763. The molecule has 1 saturated carbocycles. The van der Waals surface area contributed by atoms with Crippen LogP contribution in [0.4, 0.5) is 0 Å². The Balaban J connectivity index is 2.46. The Morgan fingerprint density at radius 2 is 1.61 bits per heavy atom. The van der Waals surface area contributed by atoms with E-state index in [2.05, 4.69) is 31.0 Å². The number of unbranched alkanes of at least 4 members (excludes halogenated alkanes) is 2. The Kier molecular flexibility index (Phi) is 8.70. The SMILES string of the molecule is CCCCN(CCCC)C1CCCC1NCCC. The molecule has 108 valence electrons. The first-order valence-electron chi connectivity index (χ1n) is 8.30. The number of nitrogens with zero attached hydrogens (tertiary/aromatic N) is 1. The molecule has 0 amide bonds. The van der Waals surface area contributed by atoms with E-state index in [9.17, 15) is 0 Å². The van der Waals surface area contributed by atoms with E-state index in [4.69, 9.17) is 0 Å². The molecule has 0 saturated heterocycles. The summed E-state index contributed by atoms with van der Waals surface area (Å²) in [5.74, 6) is 0. The van der Waals surface area contributed by atoms with E-state index >= 15 is 0 Å². The summed E-state index contributed by atoms with van der Waals surface area (Å²) in [4.78, 5) is 2.79. The van der Waals surface area contributed by atoms with Gasteiger partial charge in [0.1, 0.15) is 0 Å². The fourth-order valence-electron chi connectivity index (χ4n) is 3.11. The number of hydrogen-bond acceptors (Lipinski definition) is 2. The van der Waals surface area contributed by atoms with Crippen LogP contribution in [-0.4, -0.2) is 36.6 Å². The molecule has 1 aliphatic rings. The van der Waals surface area contributed by atoms with Crippen LogP contribution in [0.3, 0.4) is 0 Å². The van der Waals surface area contributed by atoms with Gasteiger partial charge in [0.2, 0.25) is 0 Å². The van der Waals surface area contributed by atoms with Gasteiger partial charge in [0, 0.05) is 12.1 Å². The lowest BCUT2D eigenvalue weighted by Gasteiger charge is -2.33. The van der Waals surface area contributed by atoms with Gasteiger partial charge in [-0.25, -0.2) is 0 Å². The lowest BCUT2D eigenvalue weighted by Crippen LogP contribution is -2.47. The highest BCUT2D eigenvalue weighted by atomic mass is 15.2. The molecular weight excluding hydrogens is 220 g/mol. The van der Waals surface area contributed by atoms with E-state index in [1.54, 1.807) is 0 Å². The molecule has 1 aliphatic carbocycles. The predicted molar refractivity (Wildman–Crippen MR) is 81.1 cm³/mol. The van der Waals surface area contributed by atoms with E-state index in [-0.39, 0.29) is 0 Å². The van der Waals surface area contributed by atoms with Crippen LogP contribution >= 0.6 is 0 Å². The van der Waals surface area contributed by atoms with Crippen LogP contribution in [0, 0.1) is 0 Å². The van der Waals surface area contributed by atoms with Crippen molar-refractivity contribution in [3.05, 3.63) is 0 Å². The Hall–Kier alpha value is -0.0800. The Morgan fingerprint density at radius 1 is 0.944 bits per heavy atom. The maximum absolute atomic E-state index is 3.77. The third-order valence-corrected chi connectivity index (χ3v) is 4.20. The van der Waals surface area contributed by atoms with Crippen molar-refractivity contribution in [2.75, 3.05) is 19.6 Å². The first-order chi connectivity index (χ1) is 8.83. The zero-order valence-electron chi connectivity index (χ0n) is 12.9. The van der Waals surface area contributed by atoms with Crippen molar-refractivity contribution in [1.82, 2.24) is 10.2 Å². The molecule has 2 heteroatoms. The van der Waals surface area contributed by atoms with Gasteiger partial charge in [0.05, 0.1) is 0 Å². The van der Waals surface area contributed by atoms with Gasteiger partial charge in [-0.3, -0.25) is 4.90 Å². The van der Waals surface area contributed by atoms with Crippen LogP contribution in [0.25, 0.3) is 0 Å². The molecule has 2 atom stereocenters. The van der Waals surface area contributed by atoms with Crippen LogP contribution in [0.5, 0.6) is 0 Å². The summed E-state index contributed by atoms with van der Waals surface area (Å²) in [6.45, 7) is 10.7. The molecule has 2 nitrogen and oxygen atoms in total. The third kappa shape index (κ3) is 5.27. The zero-order chi connectivity index (χ0) is 13.2. The first kappa shape index (κ1) is 16.0. The Morgan fingerprint density at radius 3 is 2.17 bits per heavy atom. The summed E-state index contributed by atoms with van der Waals surface area (Å²) < 4.78 is 0. The normalized spacial score (nSPS) is 24.0. The van der Waals surface area contributed by atoms with E-state index in [1.165, 1.54) is 71.0 Å². The van der Waals surface area contributed by atoms with Crippen LogP contribution < -0.4 is 5.32 Å². The molecule has 2 unspecified atom stereocenters. The molecule has 18 heavy (non-hydrogen) atoms. The molecule has 0 heterocycles. The highest BCUT2D eigenvalue weighted by Crippen LogP contribution is 2.25. The topological polar surface area (TPSA) is 15.3 Å². The van der Waals surface area contributed by atoms with Crippen molar-refractivity contribution in [3.8, 4) is 0 Å². The minimum atomic E-state index is 0.763.